The Morgan fingerprint density at radius 1 is 1.33 bits per heavy atom. The Morgan fingerprint density at radius 3 is 2.81 bits per heavy atom. The molecule has 1 aliphatic carbocycles. The number of ether oxygens (including phenoxy) is 1. The summed E-state index contributed by atoms with van der Waals surface area (Å²) in [6.45, 7) is 0.309. The first-order valence-corrected chi connectivity index (χ1v) is 7.05. The number of nitrogens with one attached hydrogen (secondary N) is 1. The highest BCUT2D eigenvalue weighted by Gasteiger charge is 2.37. The number of halogens is 3. The van der Waals surface area contributed by atoms with E-state index in [4.69, 9.17) is 4.74 Å². The lowest BCUT2D eigenvalue weighted by atomic mass is 9.90. The van der Waals surface area contributed by atoms with Gasteiger partial charge in [0.1, 0.15) is 0 Å². The highest BCUT2D eigenvalue weighted by Crippen LogP contribution is 2.46. The van der Waals surface area contributed by atoms with Crippen molar-refractivity contribution in [3.05, 3.63) is 28.3 Å². The average molecular weight is 299 g/mol. The topological polar surface area (TPSA) is 38.3 Å². The van der Waals surface area contributed by atoms with Gasteiger partial charge in [0.2, 0.25) is 5.82 Å². The van der Waals surface area contributed by atoms with Gasteiger partial charge in [-0.25, -0.2) is 8.78 Å². The van der Waals surface area contributed by atoms with Gasteiger partial charge in [-0.15, -0.1) is 0 Å². The second-order valence-corrected chi connectivity index (χ2v) is 5.48. The van der Waals surface area contributed by atoms with E-state index in [-0.39, 0.29) is 18.1 Å². The highest BCUT2D eigenvalue weighted by atomic mass is 19.2. The summed E-state index contributed by atoms with van der Waals surface area (Å²) in [5.74, 6) is -2.81. The van der Waals surface area contributed by atoms with Crippen LogP contribution in [-0.2, 0) is 17.6 Å². The molecule has 2 aliphatic rings. The molecule has 3 rings (SSSR count). The molecule has 1 amide bonds. The Labute approximate surface area is 120 Å². The van der Waals surface area contributed by atoms with Crippen LogP contribution in [0.4, 0.5) is 13.2 Å². The van der Waals surface area contributed by atoms with Crippen molar-refractivity contribution in [3.63, 3.8) is 0 Å². The van der Waals surface area contributed by atoms with Crippen LogP contribution in [0.3, 0.4) is 0 Å². The summed E-state index contributed by atoms with van der Waals surface area (Å²) in [5, 5.41) is 2.26. The summed E-state index contributed by atoms with van der Waals surface area (Å²) in [4.78, 5) is 11.3. The molecule has 0 saturated heterocycles. The van der Waals surface area contributed by atoms with Crippen molar-refractivity contribution in [1.82, 2.24) is 5.32 Å². The molecule has 0 radical (unpaired) electrons. The van der Waals surface area contributed by atoms with Gasteiger partial charge in [0.25, 0.3) is 5.91 Å². The molecular formula is C15H16F3NO2. The van der Waals surface area contributed by atoms with E-state index < -0.39 is 23.7 Å². The van der Waals surface area contributed by atoms with Crippen LogP contribution in [0.2, 0.25) is 0 Å². The predicted octanol–water partition coefficient (Wildman–Crippen LogP) is 2.40. The van der Waals surface area contributed by atoms with Crippen molar-refractivity contribution in [2.75, 3.05) is 13.7 Å². The molecule has 1 aromatic carbocycles. The Hall–Kier alpha value is -1.72. The SMILES string of the molecule is CNC(=O)C(F)CC1CCc2c(F)c(F)c3c(c21)CCO3. The van der Waals surface area contributed by atoms with Crippen LogP contribution in [0.1, 0.15) is 35.4 Å². The Kier molecular flexibility index (Phi) is 3.55. The van der Waals surface area contributed by atoms with Gasteiger partial charge in [-0.1, -0.05) is 0 Å². The van der Waals surface area contributed by atoms with Gasteiger partial charge in [0, 0.05) is 19.0 Å². The lowest BCUT2D eigenvalue weighted by molar-refractivity contribution is -0.125. The standard InChI is InChI=1S/C15H16F3NO2/c1-19-15(20)10(16)6-7-2-3-8-11(7)9-4-5-21-14(9)13(18)12(8)17/h7,10H,2-6H2,1H3,(H,19,20). The van der Waals surface area contributed by atoms with E-state index in [0.717, 1.165) is 0 Å². The fourth-order valence-corrected chi connectivity index (χ4v) is 3.39. The summed E-state index contributed by atoms with van der Waals surface area (Å²) < 4.78 is 47.0. The Bertz CT molecular complexity index is 603. The van der Waals surface area contributed by atoms with Crippen molar-refractivity contribution in [2.24, 2.45) is 0 Å². The maximum Gasteiger partial charge on any atom is 0.254 e. The van der Waals surface area contributed by atoms with E-state index in [1.165, 1.54) is 7.05 Å². The van der Waals surface area contributed by atoms with E-state index in [0.29, 0.717) is 42.6 Å². The lowest BCUT2D eigenvalue weighted by Crippen LogP contribution is -2.29. The summed E-state index contributed by atoms with van der Waals surface area (Å²) >= 11 is 0. The molecule has 2 atom stereocenters. The normalized spacial score (nSPS) is 20.7. The van der Waals surface area contributed by atoms with Crippen LogP contribution >= 0.6 is 0 Å². The first-order valence-electron chi connectivity index (χ1n) is 7.05. The third-order valence-corrected chi connectivity index (χ3v) is 4.35. The zero-order valence-corrected chi connectivity index (χ0v) is 11.6. The van der Waals surface area contributed by atoms with Gasteiger partial charge in [-0.3, -0.25) is 4.79 Å². The number of carbonyl (C=O) groups excluding carboxylic acids is 1. The number of hydrogen-bond acceptors (Lipinski definition) is 2. The molecule has 0 fully saturated rings. The van der Waals surface area contributed by atoms with Gasteiger partial charge in [0.15, 0.2) is 17.7 Å². The van der Waals surface area contributed by atoms with E-state index in [1.807, 2.05) is 0 Å². The minimum Gasteiger partial charge on any atom is -0.490 e. The van der Waals surface area contributed by atoms with E-state index in [9.17, 15) is 18.0 Å². The first-order chi connectivity index (χ1) is 10.0. The number of carbonyl (C=O) groups is 1. The summed E-state index contributed by atoms with van der Waals surface area (Å²) in [6.07, 6.45) is -0.250. The van der Waals surface area contributed by atoms with E-state index in [1.54, 1.807) is 0 Å². The summed E-state index contributed by atoms with van der Waals surface area (Å²) in [7, 11) is 1.37. The highest BCUT2D eigenvalue weighted by molar-refractivity contribution is 5.80. The zero-order valence-electron chi connectivity index (χ0n) is 11.6. The molecule has 21 heavy (non-hydrogen) atoms. The van der Waals surface area contributed by atoms with Gasteiger partial charge >= 0.3 is 0 Å². The second-order valence-electron chi connectivity index (χ2n) is 5.48. The average Bonchev–Trinajstić information content (AvgIpc) is 3.10. The maximum atomic E-state index is 14.1. The molecule has 0 spiro atoms. The smallest absolute Gasteiger partial charge is 0.254 e. The molecule has 1 aliphatic heterocycles. The third-order valence-electron chi connectivity index (χ3n) is 4.35. The molecule has 1 aromatic rings. The summed E-state index contributed by atoms with van der Waals surface area (Å²) in [5.41, 5.74) is 1.63. The number of rotatable bonds is 3. The number of alkyl halides is 1. The van der Waals surface area contributed by atoms with Crippen molar-refractivity contribution in [2.45, 2.75) is 37.8 Å². The molecule has 1 N–H and O–H groups in total. The molecule has 0 bridgehead atoms. The lowest BCUT2D eigenvalue weighted by Gasteiger charge is -2.17. The zero-order chi connectivity index (χ0) is 15.1. The largest absolute Gasteiger partial charge is 0.490 e. The summed E-state index contributed by atoms with van der Waals surface area (Å²) in [6, 6.07) is 0. The van der Waals surface area contributed by atoms with Gasteiger partial charge in [-0.2, -0.15) is 4.39 Å². The van der Waals surface area contributed by atoms with Crippen LogP contribution in [0.15, 0.2) is 0 Å². The monoisotopic (exact) mass is 299 g/mol. The number of amides is 1. The van der Waals surface area contributed by atoms with Crippen LogP contribution in [-0.4, -0.2) is 25.7 Å². The molecule has 0 saturated carbocycles. The predicted molar refractivity (Wildman–Crippen MR) is 70.2 cm³/mol. The van der Waals surface area contributed by atoms with Crippen molar-refractivity contribution in [1.29, 1.82) is 0 Å². The van der Waals surface area contributed by atoms with Gasteiger partial charge < -0.3 is 10.1 Å². The fourth-order valence-electron chi connectivity index (χ4n) is 3.39. The van der Waals surface area contributed by atoms with Crippen LogP contribution < -0.4 is 10.1 Å². The van der Waals surface area contributed by atoms with Crippen LogP contribution in [0, 0.1) is 11.6 Å². The van der Waals surface area contributed by atoms with Crippen molar-refractivity contribution in [3.8, 4) is 5.75 Å². The minimum atomic E-state index is -1.64. The third kappa shape index (κ3) is 2.17. The van der Waals surface area contributed by atoms with Gasteiger partial charge in [-0.05, 0) is 36.3 Å². The quantitative estimate of drug-likeness (QED) is 0.931. The molecule has 2 unspecified atom stereocenters. The number of hydrogen-bond donors (Lipinski definition) is 1. The molecule has 3 nitrogen and oxygen atoms in total. The number of benzene rings is 1. The first kappa shape index (κ1) is 14.2. The van der Waals surface area contributed by atoms with E-state index >= 15 is 0 Å². The van der Waals surface area contributed by atoms with Gasteiger partial charge in [0.05, 0.1) is 6.61 Å². The second kappa shape index (κ2) is 5.24. The molecule has 1 heterocycles. The molecule has 114 valence electrons. The molecule has 0 aromatic heterocycles. The van der Waals surface area contributed by atoms with Crippen molar-refractivity contribution >= 4 is 5.91 Å². The van der Waals surface area contributed by atoms with Crippen LogP contribution in [0.5, 0.6) is 5.75 Å². The fraction of sp³-hybridized carbons (Fsp3) is 0.533. The number of fused-ring (bicyclic) bond motifs is 3. The Balaban J connectivity index is 1.97. The maximum absolute atomic E-state index is 14.1. The van der Waals surface area contributed by atoms with Crippen LogP contribution in [0.25, 0.3) is 0 Å². The van der Waals surface area contributed by atoms with Crippen molar-refractivity contribution < 1.29 is 22.7 Å². The molecular weight excluding hydrogens is 283 g/mol. The molecule has 6 heteroatoms. The van der Waals surface area contributed by atoms with E-state index in [2.05, 4.69) is 5.32 Å². The Morgan fingerprint density at radius 2 is 2.10 bits per heavy atom. The minimum absolute atomic E-state index is 0.00974.